The first-order chi connectivity index (χ1) is 5.68. The zero-order valence-corrected chi connectivity index (χ0v) is 10.4. The summed E-state index contributed by atoms with van der Waals surface area (Å²) in [6.07, 6.45) is 8.42. The average molecular weight is 235 g/mol. The van der Waals surface area contributed by atoms with E-state index in [-0.39, 0.29) is 0 Å². The quantitative estimate of drug-likeness (QED) is 0.440. The maximum Gasteiger partial charge on any atom is 0.0143 e. The summed E-state index contributed by atoms with van der Waals surface area (Å²) in [4.78, 5) is 0.684. The first kappa shape index (κ1) is 12.5. The van der Waals surface area contributed by atoms with E-state index in [1.807, 2.05) is 0 Å². The Balaban J connectivity index is 3.08. The van der Waals surface area contributed by atoms with Crippen molar-refractivity contribution < 1.29 is 0 Å². The number of unbranched alkanes of at least 4 members (excludes halogenated alkanes) is 4. The van der Waals surface area contributed by atoms with Crippen molar-refractivity contribution in [3.63, 3.8) is 0 Å². The minimum Gasteiger partial charge on any atom is -0.0891 e. The summed E-state index contributed by atoms with van der Waals surface area (Å²) in [6.45, 7) is 6.85. The number of alkyl halides is 1. The Bertz CT molecular complexity index is 89.0. The van der Waals surface area contributed by atoms with Crippen LogP contribution in [0.3, 0.4) is 0 Å². The lowest BCUT2D eigenvalue weighted by molar-refractivity contribution is 0.486. The maximum atomic E-state index is 3.62. The Morgan fingerprint density at radius 1 is 1.00 bits per heavy atom. The molecule has 0 saturated heterocycles. The first-order valence-corrected chi connectivity index (χ1v) is 6.24. The molecule has 0 rings (SSSR count). The van der Waals surface area contributed by atoms with Crippen LogP contribution in [-0.2, 0) is 0 Å². The molecule has 0 aromatic heterocycles. The minimum atomic E-state index is 0.684. The van der Waals surface area contributed by atoms with Crippen molar-refractivity contribution in [1.29, 1.82) is 0 Å². The summed E-state index contributed by atoms with van der Waals surface area (Å²) >= 11 is 3.62. The van der Waals surface area contributed by atoms with E-state index in [4.69, 9.17) is 0 Å². The molecule has 0 saturated carbocycles. The summed E-state index contributed by atoms with van der Waals surface area (Å²) in [5.74, 6) is 0.839. The maximum absolute atomic E-state index is 3.62. The predicted octanol–water partition coefficient (Wildman–Crippen LogP) is 4.77. The Morgan fingerprint density at radius 3 is 2.08 bits per heavy atom. The van der Waals surface area contributed by atoms with E-state index in [2.05, 4.69) is 36.7 Å². The number of rotatable bonds is 7. The summed E-state index contributed by atoms with van der Waals surface area (Å²) in [7, 11) is 0. The monoisotopic (exact) mass is 234 g/mol. The lowest BCUT2D eigenvalue weighted by atomic mass is 10.00. The Hall–Kier alpha value is 0.480. The van der Waals surface area contributed by atoms with Gasteiger partial charge in [-0.2, -0.15) is 0 Å². The van der Waals surface area contributed by atoms with Gasteiger partial charge >= 0.3 is 0 Å². The molecule has 2 unspecified atom stereocenters. The topological polar surface area (TPSA) is 0 Å². The molecule has 0 spiro atoms. The highest BCUT2D eigenvalue weighted by molar-refractivity contribution is 9.09. The van der Waals surface area contributed by atoms with E-state index < -0.39 is 0 Å². The van der Waals surface area contributed by atoms with Crippen LogP contribution < -0.4 is 0 Å². The second-order valence-corrected chi connectivity index (χ2v) is 5.30. The van der Waals surface area contributed by atoms with Gasteiger partial charge in [-0.15, -0.1) is 0 Å². The Morgan fingerprint density at radius 2 is 1.58 bits per heavy atom. The van der Waals surface area contributed by atoms with Crippen LogP contribution in [0.4, 0.5) is 0 Å². The van der Waals surface area contributed by atoms with Crippen LogP contribution >= 0.6 is 15.9 Å². The third kappa shape index (κ3) is 7.15. The molecule has 0 aliphatic heterocycles. The van der Waals surface area contributed by atoms with Gasteiger partial charge in [-0.25, -0.2) is 0 Å². The van der Waals surface area contributed by atoms with Gasteiger partial charge in [-0.1, -0.05) is 68.8 Å². The van der Waals surface area contributed by atoms with Crippen molar-refractivity contribution in [1.82, 2.24) is 0 Å². The van der Waals surface area contributed by atoms with Crippen molar-refractivity contribution in [2.24, 2.45) is 5.92 Å². The fourth-order valence-corrected chi connectivity index (χ4v) is 1.56. The summed E-state index contributed by atoms with van der Waals surface area (Å²) in [5.41, 5.74) is 0. The molecule has 0 nitrogen and oxygen atoms in total. The molecule has 0 heterocycles. The molecule has 0 aromatic carbocycles. The highest BCUT2D eigenvalue weighted by atomic mass is 79.9. The van der Waals surface area contributed by atoms with Crippen LogP contribution in [0.15, 0.2) is 0 Å². The molecule has 0 aliphatic rings. The van der Waals surface area contributed by atoms with Crippen LogP contribution in [0.5, 0.6) is 0 Å². The van der Waals surface area contributed by atoms with Crippen molar-refractivity contribution in [3.8, 4) is 0 Å². The summed E-state index contributed by atoms with van der Waals surface area (Å²) in [5, 5.41) is 0. The molecule has 1 heteroatoms. The van der Waals surface area contributed by atoms with E-state index in [9.17, 15) is 0 Å². The third-order valence-corrected chi connectivity index (χ3v) is 3.45. The first-order valence-electron chi connectivity index (χ1n) is 5.32. The highest BCUT2D eigenvalue weighted by Gasteiger charge is 2.06. The predicted molar refractivity (Wildman–Crippen MR) is 60.9 cm³/mol. The SMILES string of the molecule is CCCCCCCC(C)C(C)Br. The van der Waals surface area contributed by atoms with Crippen LogP contribution in [-0.4, -0.2) is 4.83 Å². The third-order valence-electron chi connectivity index (χ3n) is 2.55. The summed E-state index contributed by atoms with van der Waals surface area (Å²) in [6, 6.07) is 0. The molecule has 12 heavy (non-hydrogen) atoms. The van der Waals surface area contributed by atoms with Crippen LogP contribution in [0.2, 0.25) is 0 Å². The lowest BCUT2D eigenvalue weighted by Gasteiger charge is -2.13. The van der Waals surface area contributed by atoms with Gasteiger partial charge in [0.15, 0.2) is 0 Å². The summed E-state index contributed by atoms with van der Waals surface area (Å²) < 4.78 is 0. The standard InChI is InChI=1S/C11H23Br/c1-4-5-6-7-8-9-10(2)11(3)12/h10-11H,4-9H2,1-3H3. The normalized spacial score (nSPS) is 16.0. The number of hydrogen-bond donors (Lipinski definition) is 0. The lowest BCUT2D eigenvalue weighted by Crippen LogP contribution is -2.05. The van der Waals surface area contributed by atoms with Crippen LogP contribution in [0.1, 0.15) is 59.3 Å². The van der Waals surface area contributed by atoms with Gasteiger partial charge in [0, 0.05) is 4.83 Å². The van der Waals surface area contributed by atoms with E-state index >= 15 is 0 Å². The molecular weight excluding hydrogens is 212 g/mol. The van der Waals surface area contributed by atoms with E-state index in [1.54, 1.807) is 0 Å². The molecule has 0 aromatic rings. The van der Waals surface area contributed by atoms with Gasteiger partial charge in [0.25, 0.3) is 0 Å². The fourth-order valence-electron chi connectivity index (χ4n) is 1.30. The smallest absolute Gasteiger partial charge is 0.0143 e. The van der Waals surface area contributed by atoms with Gasteiger partial charge in [0.2, 0.25) is 0 Å². The zero-order valence-electron chi connectivity index (χ0n) is 8.78. The molecular formula is C11H23Br. The molecule has 0 aliphatic carbocycles. The molecule has 74 valence electrons. The van der Waals surface area contributed by atoms with E-state index in [1.165, 1.54) is 38.5 Å². The highest BCUT2D eigenvalue weighted by Crippen LogP contribution is 2.18. The molecule has 0 radical (unpaired) electrons. The number of halogens is 1. The van der Waals surface area contributed by atoms with Gasteiger partial charge in [0.1, 0.15) is 0 Å². The van der Waals surface area contributed by atoms with Crippen molar-refractivity contribution >= 4 is 15.9 Å². The van der Waals surface area contributed by atoms with E-state index in [0.29, 0.717) is 4.83 Å². The molecule has 0 bridgehead atoms. The number of hydrogen-bond acceptors (Lipinski definition) is 0. The second-order valence-electron chi connectivity index (χ2n) is 3.86. The average Bonchev–Trinajstić information content (AvgIpc) is 2.03. The van der Waals surface area contributed by atoms with Gasteiger partial charge in [0.05, 0.1) is 0 Å². The molecule has 2 atom stereocenters. The van der Waals surface area contributed by atoms with Crippen LogP contribution in [0.25, 0.3) is 0 Å². The van der Waals surface area contributed by atoms with Gasteiger partial charge in [-0.05, 0) is 12.3 Å². The van der Waals surface area contributed by atoms with E-state index in [0.717, 1.165) is 5.92 Å². The molecule has 0 amide bonds. The second kappa shape index (κ2) is 8.10. The van der Waals surface area contributed by atoms with Crippen LogP contribution in [0, 0.1) is 5.92 Å². The van der Waals surface area contributed by atoms with Gasteiger partial charge in [-0.3, -0.25) is 0 Å². The molecule has 0 N–H and O–H groups in total. The van der Waals surface area contributed by atoms with Crippen molar-refractivity contribution in [2.75, 3.05) is 0 Å². The van der Waals surface area contributed by atoms with Crippen molar-refractivity contribution in [3.05, 3.63) is 0 Å². The molecule has 0 fully saturated rings. The van der Waals surface area contributed by atoms with Crippen molar-refractivity contribution in [2.45, 2.75) is 64.1 Å². The minimum absolute atomic E-state index is 0.684. The largest absolute Gasteiger partial charge is 0.0891 e. The van der Waals surface area contributed by atoms with Gasteiger partial charge < -0.3 is 0 Å². The Kier molecular flexibility index (Phi) is 8.42. The fraction of sp³-hybridized carbons (Fsp3) is 1.00. The zero-order chi connectivity index (χ0) is 9.40. The Labute approximate surface area is 86.3 Å².